The van der Waals surface area contributed by atoms with Crippen molar-refractivity contribution in [1.29, 1.82) is 0 Å². The Morgan fingerprint density at radius 2 is 1.06 bits per heavy atom. The van der Waals surface area contributed by atoms with E-state index < -0.39 is 22.1 Å². The van der Waals surface area contributed by atoms with Crippen molar-refractivity contribution in [2.24, 2.45) is 5.73 Å². The van der Waals surface area contributed by atoms with Crippen molar-refractivity contribution in [2.45, 2.75) is 65.4 Å². The molecule has 5 heteroatoms. The van der Waals surface area contributed by atoms with Gasteiger partial charge in [-0.05, 0) is 94.0 Å². The molecule has 0 aliphatic rings. The highest BCUT2D eigenvalue weighted by atomic mass is 32.2. The third-order valence-corrected chi connectivity index (χ3v) is 7.55. The van der Waals surface area contributed by atoms with Gasteiger partial charge in [-0.1, -0.05) is 53.1 Å². The molecule has 0 aromatic heterocycles. The van der Waals surface area contributed by atoms with E-state index in [-0.39, 0.29) is 4.90 Å². The quantitative estimate of drug-likeness (QED) is 0.516. The molecule has 4 nitrogen and oxygen atoms in total. The van der Waals surface area contributed by atoms with E-state index in [1.54, 1.807) is 24.3 Å². The summed E-state index contributed by atoms with van der Waals surface area (Å²) in [5.74, 6) is 0. The SMILES string of the molecule is Cc1ccc(S(=O)(=O)NC(c2c(C)cc(C)cc2C)C(N)c2c(C)cc(C)cc2C)cc1. The molecule has 0 aliphatic carbocycles. The number of benzene rings is 3. The van der Waals surface area contributed by atoms with E-state index in [0.29, 0.717) is 0 Å². The fourth-order valence-corrected chi connectivity index (χ4v) is 6.06. The van der Waals surface area contributed by atoms with Crippen molar-refractivity contribution >= 4 is 10.0 Å². The fraction of sp³-hybridized carbons (Fsp3) is 0.333. The second-order valence-corrected chi connectivity index (χ2v) is 10.8. The molecule has 0 saturated heterocycles. The third-order valence-electron chi connectivity index (χ3n) is 6.09. The first kappa shape index (κ1) is 24.2. The van der Waals surface area contributed by atoms with Crippen LogP contribution >= 0.6 is 0 Å². The van der Waals surface area contributed by atoms with Gasteiger partial charge in [0.15, 0.2) is 0 Å². The molecule has 0 radical (unpaired) electrons. The van der Waals surface area contributed by atoms with Gasteiger partial charge in [-0.3, -0.25) is 0 Å². The number of sulfonamides is 1. The number of aryl methyl sites for hydroxylation is 7. The lowest BCUT2D eigenvalue weighted by Gasteiger charge is -2.31. The van der Waals surface area contributed by atoms with Crippen molar-refractivity contribution in [2.75, 3.05) is 0 Å². The molecule has 0 spiro atoms. The molecular weight excluding hydrogens is 416 g/mol. The normalized spacial score (nSPS) is 13.8. The lowest BCUT2D eigenvalue weighted by Crippen LogP contribution is -2.37. The van der Waals surface area contributed by atoms with Crippen LogP contribution < -0.4 is 10.5 Å². The largest absolute Gasteiger partial charge is 0.322 e. The Morgan fingerprint density at radius 1 is 0.656 bits per heavy atom. The third kappa shape index (κ3) is 4.96. The molecule has 32 heavy (non-hydrogen) atoms. The Balaban J connectivity index is 2.18. The maximum Gasteiger partial charge on any atom is 0.241 e. The van der Waals surface area contributed by atoms with Crippen LogP contribution in [0.5, 0.6) is 0 Å². The van der Waals surface area contributed by atoms with Gasteiger partial charge in [-0.15, -0.1) is 0 Å². The van der Waals surface area contributed by atoms with Gasteiger partial charge < -0.3 is 5.73 Å². The molecule has 3 aromatic carbocycles. The lowest BCUT2D eigenvalue weighted by molar-refractivity contribution is 0.498. The van der Waals surface area contributed by atoms with E-state index in [1.807, 2.05) is 41.5 Å². The van der Waals surface area contributed by atoms with Crippen molar-refractivity contribution in [3.8, 4) is 0 Å². The first-order chi connectivity index (χ1) is 14.9. The van der Waals surface area contributed by atoms with E-state index in [0.717, 1.165) is 50.1 Å². The zero-order valence-electron chi connectivity index (χ0n) is 20.1. The highest BCUT2D eigenvalue weighted by molar-refractivity contribution is 7.89. The van der Waals surface area contributed by atoms with Gasteiger partial charge in [0.25, 0.3) is 0 Å². The summed E-state index contributed by atoms with van der Waals surface area (Å²) < 4.78 is 29.8. The summed E-state index contributed by atoms with van der Waals surface area (Å²) >= 11 is 0. The van der Waals surface area contributed by atoms with Crippen LogP contribution in [0.4, 0.5) is 0 Å². The van der Waals surface area contributed by atoms with Crippen LogP contribution in [0.1, 0.15) is 62.2 Å². The van der Waals surface area contributed by atoms with Gasteiger partial charge in [-0.2, -0.15) is 0 Å². The standard InChI is InChI=1S/C27H34N2O2S/c1-16-8-10-23(11-9-16)32(30,31)29-27(25-21(6)14-18(3)15-22(25)7)26(28)24-19(4)12-17(2)13-20(24)5/h8-15,26-27,29H,28H2,1-7H3. The highest BCUT2D eigenvalue weighted by Crippen LogP contribution is 2.36. The number of nitrogens with two attached hydrogens (primary N) is 1. The van der Waals surface area contributed by atoms with E-state index in [2.05, 4.69) is 35.9 Å². The smallest absolute Gasteiger partial charge is 0.241 e. The van der Waals surface area contributed by atoms with Crippen molar-refractivity contribution in [3.63, 3.8) is 0 Å². The molecule has 0 aliphatic heterocycles. The maximum absolute atomic E-state index is 13.4. The molecule has 0 bridgehead atoms. The van der Waals surface area contributed by atoms with E-state index in [4.69, 9.17) is 5.73 Å². The summed E-state index contributed by atoms with van der Waals surface area (Å²) in [6, 6.07) is 14.1. The molecule has 2 unspecified atom stereocenters. The van der Waals surface area contributed by atoms with Crippen molar-refractivity contribution < 1.29 is 8.42 Å². The molecule has 0 saturated carbocycles. The minimum Gasteiger partial charge on any atom is -0.322 e. The molecule has 170 valence electrons. The predicted octanol–water partition coefficient (Wildman–Crippen LogP) is 5.57. The molecule has 3 aromatic rings. The minimum absolute atomic E-state index is 0.236. The zero-order valence-corrected chi connectivity index (χ0v) is 20.9. The predicted molar refractivity (Wildman–Crippen MR) is 132 cm³/mol. The Hall–Kier alpha value is -2.47. The summed E-state index contributed by atoms with van der Waals surface area (Å²) in [6.07, 6.45) is 0. The summed E-state index contributed by atoms with van der Waals surface area (Å²) in [5.41, 5.74) is 16.3. The van der Waals surface area contributed by atoms with Gasteiger partial charge in [0.1, 0.15) is 0 Å². The van der Waals surface area contributed by atoms with Crippen LogP contribution in [0, 0.1) is 48.5 Å². The van der Waals surface area contributed by atoms with Gasteiger partial charge >= 0.3 is 0 Å². The molecule has 0 amide bonds. The Labute approximate surface area is 192 Å². The molecule has 3 rings (SSSR count). The second kappa shape index (κ2) is 9.18. The average Bonchev–Trinajstić information content (AvgIpc) is 2.65. The first-order valence-electron chi connectivity index (χ1n) is 10.9. The van der Waals surface area contributed by atoms with Crippen molar-refractivity contribution in [3.05, 3.63) is 98.6 Å². The van der Waals surface area contributed by atoms with E-state index in [9.17, 15) is 8.42 Å². The maximum atomic E-state index is 13.4. The average molecular weight is 451 g/mol. The summed E-state index contributed by atoms with van der Waals surface area (Å²) in [6.45, 7) is 14.1. The van der Waals surface area contributed by atoms with Crippen LogP contribution in [0.3, 0.4) is 0 Å². The Bertz CT molecular complexity index is 1200. The fourth-order valence-electron chi connectivity index (χ4n) is 4.83. The molecular formula is C27H34N2O2S. The minimum atomic E-state index is -3.78. The second-order valence-electron chi connectivity index (χ2n) is 9.06. The number of hydrogen-bond acceptors (Lipinski definition) is 3. The van der Waals surface area contributed by atoms with Gasteiger partial charge in [-0.25, -0.2) is 13.1 Å². The van der Waals surface area contributed by atoms with Crippen LogP contribution in [-0.2, 0) is 10.0 Å². The van der Waals surface area contributed by atoms with E-state index >= 15 is 0 Å². The summed E-state index contributed by atoms with van der Waals surface area (Å²) in [5, 5.41) is 0. The van der Waals surface area contributed by atoms with Crippen LogP contribution in [0.25, 0.3) is 0 Å². The topological polar surface area (TPSA) is 72.2 Å². The Kier molecular flexibility index (Phi) is 6.94. The molecule has 2 atom stereocenters. The highest BCUT2D eigenvalue weighted by Gasteiger charge is 2.31. The van der Waals surface area contributed by atoms with Gasteiger partial charge in [0.2, 0.25) is 10.0 Å². The molecule has 0 heterocycles. The van der Waals surface area contributed by atoms with E-state index in [1.165, 1.54) is 0 Å². The summed E-state index contributed by atoms with van der Waals surface area (Å²) in [4.78, 5) is 0.236. The van der Waals surface area contributed by atoms with Crippen LogP contribution in [0.15, 0.2) is 53.4 Å². The number of nitrogens with one attached hydrogen (secondary N) is 1. The molecule has 3 N–H and O–H groups in total. The van der Waals surface area contributed by atoms with Gasteiger partial charge in [0, 0.05) is 0 Å². The zero-order chi connectivity index (χ0) is 23.8. The number of rotatable bonds is 6. The first-order valence-corrected chi connectivity index (χ1v) is 12.4. The van der Waals surface area contributed by atoms with Crippen molar-refractivity contribution in [1.82, 2.24) is 4.72 Å². The monoisotopic (exact) mass is 450 g/mol. The Morgan fingerprint density at radius 3 is 1.50 bits per heavy atom. The summed E-state index contributed by atoms with van der Waals surface area (Å²) in [7, 11) is -3.78. The molecule has 0 fully saturated rings. The number of hydrogen-bond donors (Lipinski definition) is 2. The van der Waals surface area contributed by atoms with Crippen LogP contribution in [-0.4, -0.2) is 8.42 Å². The van der Waals surface area contributed by atoms with Gasteiger partial charge in [0.05, 0.1) is 17.0 Å². The lowest BCUT2D eigenvalue weighted by atomic mass is 9.84. The van der Waals surface area contributed by atoms with Crippen LogP contribution in [0.2, 0.25) is 0 Å².